The molecule has 12 heavy (non-hydrogen) atoms. The summed E-state index contributed by atoms with van der Waals surface area (Å²) in [5.41, 5.74) is -0.621. The number of hydrogen-bond donors (Lipinski definition) is 2. The average Bonchev–Trinajstić information content (AvgIpc) is 1.92. The van der Waals surface area contributed by atoms with E-state index in [9.17, 15) is 10.2 Å². The largest absolute Gasteiger partial charge is 0.506 e. The number of aliphatic hydroxyl groups is 1. The van der Waals surface area contributed by atoms with E-state index >= 15 is 0 Å². The molecule has 0 bridgehead atoms. The van der Waals surface area contributed by atoms with Crippen LogP contribution in [0.3, 0.4) is 0 Å². The first-order valence-electron chi connectivity index (χ1n) is 3.63. The second kappa shape index (κ2) is 2.96. The molecule has 0 aromatic heterocycles. The number of benzene rings is 1. The molecule has 3 heteroatoms. The van der Waals surface area contributed by atoms with Gasteiger partial charge in [0, 0.05) is 5.56 Å². The van der Waals surface area contributed by atoms with Crippen LogP contribution in [-0.4, -0.2) is 10.2 Å². The summed E-state index contributed by atoms with van der Waals surface area (Å²) in [7, 11) is 0. The van der Waals surface area contributed by atoms with Gasteiger partial charge in [-0.05, 0) is 19.9 Å². The molecule has 0 saturated carbocycles. The molecule has 0 saturated heterocycles. The lowest BCUT2D eigenvalue weighted by Crippen LogP contribution is -2.15. The number of para-hydroxylation sites is 1. The van der Waals surface area contributed by atoms with Crippen molar-refractivity contribution in [3.8, 4) is 5.75 Å². The number of halogens is 1. The van der Waals surface area contributed by atoms with Gasteiger partial charge in [-0.15, -0.1) is 0 Å². The van der Waals surface area contributed by atoms with Crippen molar-refractivity contribution in [2.75, 3.05) is 0 Å². The Labute approximate surface area is 76.4 Å². The lowest BCUT2D eigenvalue weighted by Gasteiger charge is -2.19. The van der Waals surface area contributed by atoms with Gasteiger partial charge < -0.3 is 10.2 Å². The third kappa shape index (κ3) is 1.71. The first-order chi connectivity index (χ1) is 5.43. The Morgan fingerprint density at radius 1 is 1.33 bits per heavy atom. The first-order valence-corrected chi connectivity index (χ1v) is 4.01. The van der Waals surface area contributed by atoms with E-state index < -0.39 is 5.60 Å². The molecule has 0 aliphatic heterocycles. The van der Waals surface area contributed by atoms with Gasteiger partial charge in [0.25, 0.3) is 0 Å². The van der Waals surface area contributed by atoms with E-state index in [2.05, 4.69) is 0 Å². The maximum atomic E-state index is 9.58. The average molecular weight is 187 g/mol. The number of rotatable bonds is 1. The third-order valence-electron chi connectivity index (χ3n) is 1.65. The lowest BCUT2D eigenvalue weighted by atomic mass is 9.98. The maximum Gasteiger partial charge on any atom is 0.140 e. The quantitative estimate of drug-likeness (QED) is 0.707. The molecule has 0 heterocycles. The molecule has 66 valence electrons. The Morgan fingerprint density at radius 3 is 2.33 bits per heavy atom. The highest BCUT2D eigenvalue weighted by atomic mass is 35.5. The number of phenolic OH excluding ortho intramolecular Hbond substituents is 1. The van der Waals surface area contributed by atoms with Gasteiger partial charge in [-0.3, -0.25) is 0 Å². The summed E-state index contributed by atoms with van der Waals surface area (Å²) < 4.78 is 0. The molecule has 0 fully saturated rings. The zero-order chi connectivity index (χ0) is 9.35. The summed E-state index contributed by atoms with van der Waals surface area (Å²) in [4.78, 5) is 0. The van der Waals surface area contributed by atoms with E-state index in [1.54, 1.807) is 32.0 Å². The summed E-state index contributed by atoms with van der Waals surface area (Å²) in [6, 6.07) is 4.91. The number of phenols is 1. The minimum atomic E-state index is -1.06. The molecule has 2 N–H and O–H groups in total. The number of aromatic hydroxyl groups is 1. The van der Waals surface area contributed by atoms with Crippen molar-refractivity contribution >= 4 is 11.6 Å². The van der Waals surface area contributed by atoms with Crippen LogP contribution in [0.1, 0.15) is 19.4 Å². The van der Waals surface area contributed by atoms with E-state index in [4.69, 9.17) is 11.6 Å². The highest BCUT2D eigenvalue weighted by molar-refractivity contribution is 6.32. The van der Waals surface area contributed by atoms with Crippen LogP contribution in [0.2, 0.25) is 5.02 Å². The van der Waals surface area contributed by atoms with E-state index in [1.165, 1.54) is 0 Å². The SMILES string of the molecule is CC(C)(O)c1cccc(Cl)c1O. The van der Waals surface area contributed by atoms with E-state index in [0.29, 0.717) is 5.56 Å². The van der Waals surface area contributed by atoms with Crippen LogP contribution in [0.4, 0.5) is 0 Å². The van der Waals surface area contributed by atoms with Crippen LogP contribution >= 0.6 is 11.6 Å². The summed E-state index contributed by atoms with van der Waals surface area (Å²) in [5.74, 6) is -0.0494. The van der Waals surface area contributed by atoms with Gasteiger partial charge in [0.05, 0.1) is 10.6 Å². The molecule has 1 aromatic carbocycles. The third-order valence-corrected chi connectivity index (χ3v) is 1.95. The molecule has 0 aliphatic rings. The van der Waals surface area contributed by atoms with E-state index in [-0.39, 0.29) is 10.8 Å². The Bertz CT molecular complexity index is 289. The molecule has 0 unspecified atom stereocenters. The zero-order valence-electron chi connectivity index (χ0n) is 7.00. The van der Waals surface area contributed by atoms with Crippen LogP contribution in [0.25, 0.3) is 0 Å². The molecular formula is C9H11ClO2. The maximum absolute atomic E-state index is 9.58. The van der Waals surface area contributed by atoms with Gasteiger partial charge >= 0.3 is 0 Å². The molecule has 1 rings (SSSR count). The molecule has 1 aromatic rings. The predicted octanol–water partition coefficient (Wildman–Crippen LogP) is 2.27. The molecule has 0 aliphatic carbocycles. The topological polar surface area (TPSA) is 40.5 Å². The first kappa shape index (κ1) is 9.36. The summed E-state index contributed by atoms with van der Waals surface area (Å²) in [6.07, 6.45) is 0. The minimum Gasteiger partial charge on any atom is -0.506 e. The standard InChI is InChI=1S/C9H11ClO2/c1-9(2,12)6-4-3-5-7(10)8(6)11/h3-5,11-12H,1-2H3. The Hall–Kier alpha value is -0.730. The molecule has 0 radical (unpaired) electrons. The van der Waals surface area contributed by atoms with Gasteiger partial charge in [-0.25, -0.2) is 0 Å². The van der Waals surface area contributed by atoms with Gasteiger partial charge in [-0.2, -0.15) is 0 Å². The smallest absolute Gasteiger partial charge is 0.140 e. The highest BCUT2D eigenvalue weighted by Gasteiger charge is 2.20. The zero-order valence-corrected chi connectivity index (χ0v) is 7.76. The predicted molar refractivity (Wildman–Crippen MR) is 48.4 cm³/mol. The fraction of sp³-hybridized carbons (Fsp3) is 0.333. The van der Waals surface area contributed by atoms with Crippen LogP contribution < -0.4 is 0 Å². The Balaban J connectivity index is 3.26. The van der Waals surface area contributed by atoms with Crippen molar-refractivity contribution in [2.24, 2.45) is 0 Å². The van der Waals surface area contributed by atoms with Crippen LogP contribution in [0.5, 0.6) is 5.75 Å². The monoisotopic (exact) mass is 186 g/mol. The lowest BCUT2D eigenvalue weighted by molar-refractivity contribution is 0.0758. The van der Waals surface area contributed by atoms with E-state index in [1.807, 2.05) is 0 Å². The van der Waals surface area contributed by atoms with Crippen LogP contribution in [-0.2, 0) is 5.60 Å². The van der Waals surface area contributed by atoms with Crippen molar-refractivity contribution in [3.63, 3.8) is 0 Å². The second-order valence-electron chi connectivity index (χ2n) is 3.20. The van der Waals surface area contributed by atoms with Crippen molar-refractivity contribution in [1.29, 1.82) is 0 Å². The normalized spacial score (nSPS) is 11.7. The van der Waals surface area contributed by atoms with Crippen molar-refractivity contribution in [3.05, 3.63) is 28.8 Å². The summed E-state index contributed by atoms with van der Waals surface area (Å²) in [6.45, 7) is 3.19. The van der Waals surface area contributed by atoms with Crippen LogP contribution in [0, 0.1) is 0 Å². The minimum absolute atomic E-state index is 0.0494. The second-order valence-corrected chi connectivity index (χ2v) is 3.60. The molecular weight excluding hydrogens is 176 g/mol. The van der Waals surface area contributed by atoms with Gasteiger partial charge in [-0.1, -0.05) is 23.7 Å². The van der Waals surface area contributed by atoms with Crippen molar-refractivity contribution in [1.82, 2.24) is 0 Å². The molecule has 2 nitrogen and oxygen atoms in total. The summed E-state index contributed by atoms with van der Waals surface area (Å²) in [5, 5.41) is 19.3. The van der Waals surface area contributed by atoms with Gasteiger partial charge in [0.15, 0.2) is 0 Å². The molecule has 0 atom stereocenters. The van der Waals surface area contributed by atoms with E-state index in [0.717, 1.165) is 0 Å². The highest BCUT2D eigenvalue weighted by Crippen LogP contribution is 2.33. The van der Waals surface area contributed by atoms with Crippen molar-refractivity contribution in [2.45, 2.75) is 19.4 Å². The molecule has 0 spiro atoms. The summed E-state index contributed by atoms with van der Waals surface area (Å²) >= 11 is 5.66. The Morgan fingerprint density at radius 2 is 1.92 bits per heavy atom. The van der Waals surface area contributed by atoms with Gasteiger partial charge in [0.2, 0.25) is 0 Å². The van der Waals surface area contributed by atoms with Crippen molar-refractivity contribution < 1.29 is 10.2 Å². The fourth-order valence-corrected chi connectivity index (χ4v) is 1.18. The molecule has 0 amide bonds. The number of hydrogen-bond acceptors (Lipinski definition) is 2. The fourth-order valence-electron chi connectivity index (χ4n) is 1.01. The van der Waals surface area contributed by atoms with Gasteiger partial charge in [0.1, 0.15) is 5.75 Å². The Kier molecular flexibility index (Phi) is 2.31. The van der Waals surface area contributed by atoms with Crippen LogP contribution in [0.15, 0.2) is 18.2 Å².